The molecule has 0 saturated carbocycles. The van der Waals surface area contributed by atoms with Crippen molar-refractivity contribution in [2.24, 2.45) is 0 Å². The minimum atomic E-state index is 0.788. The number of hydrogen-bond acceptors (Lipinski definition) is 1. The fourth-order valence-electron chi connectivity index (χ4n) is 1.16. The highest BCUT2D eigenvalue weighted by atomic mass is 14.9. The Bertz CT molecular complexity index is 222. The molecule has 1 heteroatoms. The van der Waals surface area contributed by atoms with Gasteiger partial charge in [0.1, 0.15) is 1.41 Å². The molecule has 0 bridgehead atoms. The summed E-state index contributed by atoms with van der Waals surface area (Å²) in [6, 6.07) is 8.23. The van der Waals surface area contributed by atoms with Crippen molar-refractivity contribution in [1.82, 2.24) is 5.31 Å². The highest BCUT2D eigenvalue weighted by Crippen LogP contribution is 2.12. The van der Waals surface area contributed by atoms with E-state index in [1.807, 2.05) is 12.1 Å². The number of rotatable bonds is 0. The summed E-state index contributed by atoms with van der Waals surface area (Å²) in [6.45, 7) is 1.58. The monoisotopic (exact) mass is 120 g/mol. The van der Waals surface area contributed by atoms with Gasteiger partial charge in [0.25, 0.3) is 0 Å². The fourth-order valence-corrected chi connectivity index (χ4v) is 1.16. The molecule has 0 aliphatic carbocycles. The zero-order valence-electron chi connectivity index (χ0n) is 6.17. The summed E-state index contributed by atoms with van der Waals surface area (Å²) in [6.07, 6.45) is 0. The summed E-state index contributed by atoms with van der Waals surface area (Å²) < 4.78 is 7.35. The molecule has 0 unspecified atom stereocenters. The largest absolute Gasteiger partial charge is 0.309 e. The van der Waals surface area contributed by atoms with Crippen LogP contribution in [-0.4, -0.2) is 0 Å². The predicted octanol–water partition coefficient (Wildman–Crippen LogP) is 1.29. The quantitative estimate of drug-likeness (QED) is 0.544. The summed E-state index contributed by atoms with van der Waals surface area (Å²) in [5.41, 5.74) is 2.61. The van der Waals surface area contributed by atoms with Gasteiger partial charge < -0.3 is 5.31 Å². The predicted molar refractivity (Wildman–Crippen MR) is 37.0 cm³/mol. The third kappa shape index (κ3) is 0.736. The number of fused-ring (bicyclic) bond motifs is 1. The summed E-state index contributed by atoms with van der Waals surface area (Å²) in [5.74, 6) is 0. The number of benzene rings is 1. The van der Waals surface area contributed by atoms with E-state index in [0.717, 1.165) is 13.1 Å². The SMILES string of the molecule is [2H]N1Cc2ccccc2C1. The van der Waals surface area contributed by atoms with E-state index in [1.54, 1.807) is 5.31 Å². The van der Waals surface area contributed by atoms with Gasteiger partial charge in [-0.2, -0.15) is 0 Å². The Kier molecular flexibility index (Phi) is 0.836. The minimum absolute atomic E-state index is 0.788. The summed E-state index contributed by atoms with van der Waals surface area (Å²) in [5, 5.41) is 1.57. The second kappa shape index (κ2) is 1.85. The second-order valence-electron chi connectivity index (χ2n) is 2.31. The van der Waals surface area contributed by atoms with Crippen molar-refractivity contribution in [3.63, 3.8) is 0 Å². The highest BCUT2D eigenvalue weighted by molar-refractivity contribution is 5.29. The molecule has 0 aromatic heterocycles. The highest BCUT2D eigenvalue weighted by Gasteiger charge is 2.06. The third-order valence-electron chi connectivity index (χ3n) is 1.68. The Labute approximate surface area is 56.2 Å². The molecule has 0 amide bonds. The first-order valence-corrected chi connectivity index (χ1v) is 3.17. The molecule has 1 nitrogen and oxygen atoms in total. The van der Waals surface area contributed by atoms with Crippen molar-refractivity contribution in [2.75, 3.05) is 0 Å². The Morgan fingerprint density at radius 1 is 1.22 bits per heavy atom. The van der Waals surface area contributed by atoms with Crippen LogP contribution in [0, 0.1) is 0 Å². The molecule has 1 aliphatic heterocycles. The number of hydrogen-bond donors (Lipinski definition) is 1. The normalized spacial score (nSPS) is 19.3. The molecular weight excluding hydrogens is 110 g/mol. The molecule has 0 atom stereocenters. The van der Waals surface area contributed by atoms with Gasteiger partial charge >= 0.3 is 0 Å². The van der Waals surface area contributed by atoms with Gasteiger partial charge in [0.15, 0.2) is 0 Å². The lowest BCUT2D eigenvalue weighted by molar-refractivity contribution is 0.765. The van der Waals surface area contributed by atoms with E-state index < -0.39 is 0 Å². The van der Waals surface area contributed by atoms with Crippen LogP contribution in [0.15, 0.2) is 24.3 Å². The maximum absolute atomic E-state index is 7.35. The van der Waals surface area contributed by atoms with Crippen molar-refractivity contribution in [2.45, 2.75) is 13.1 Å². The fraction of sp³-hybridized carbons (Fsp3) is 0.250. The van der Waals surface area contributed by atoms with Gasteiger partial charge in [-0.15, -0.1) is 0 Å². The van der Waals surface area contributed by atoms with Crippen molar-refractivity contribution in [3.8, 4) is 0 Å². The van der Waals surface area contributed by atoms with E-state index in [0.29, 0.717) is 0 Å². The molecule has 2 rings (SSSR count). The lowest BCUT2D eigenvalue weighted by Crippen LogP contribution is -1.99. The van der Waals surface area contributed by atoms with Crippen LogP contribution >= 0.6 is 0 Å². The van der Waals surface area contributed by atoms with Crippen LogP contribution < -0.4 is 5.31 Å². The molecule has 0 saturated heterocycles. The Morgan fingerprint density at radius 2 is 1.78 bits per heavy atom. The van der Waals surface area contributed by atoms with Crippen molar-refractivity contribution >= 4 is 0 Å². The molecule has 0 radical (unpaired) electrons. The summed E-state index contributed by atoms with van der Waals surface area (Å²) >= 11 is 0. The average molecular weight is 120 g/mol. The van der Waals surface area contributed by atoms with Crippen LogP contribution in [0.5, 0.6) is 0 Å². The molecule has 9 heavy (non-hydrogen) atoms. The Balaban J connectivity index is 2.42. The van der Waals surface area contributed by atoms with Crippen LogP contribution in [0.3, 0.4) is 0 Å². The van der Waals surface area contributed by atoms with E-state index in [2.05, 4.69) is 12.1 Å². The standard InChI is InChI=1S/C8H9N/c1-2-4-8-6-9-5-7(8)3-1/h1-4,9H,5-6H2/i/hD. The van der Waals surface area contributed by atoms with Crippen molar-refractivity contribution in [1.29, 1.82) is 0 Å². The Morgan fingerprint density at radius 3 is 2.33 bits per heavy atom. The van der Waals surface area contributed by atoms with Crippen molar-refractivity contribution < 1.29 is 1.41 Å². The summed E-state index contributed by atoms with van der Waals surface area (Å²) in [7, 11) is 0. The molecule has 46 valence electrons. The minimum Gasteiger partial charge on any atom is -0.309 e. The van der Waals surface area contributed by atoms with Gasteiger partial charge in [0, 0.05) is 13.1 Å². The van der Waals surface area contributed by atoms with Crippen LogP contribution in [-0.2, 0) is 13.1 Å². The first-order chi connectivity index (χ1) is 4.86. The molecule has 1 N–H and O–H groups in total. The lowest BCUT2D eigenvalue weighted by Gasteiger charge is -1.91. The van der Waals surface area contributed by atoms with Gasteiger partial charge in [0.05, 0.1) is 0 Å². The van der Waals surface area contributed by atoms with Gasteiger partial charge in [-0.05, 0) is 11.1 Å². The molecule has 1 aromatic rings. The van der Waals surface area contributed by atoms with Crippen LogP contribution in [0.25, 0.3) is 0 Å². The van der Waals surface area contributed by atoms with Gasteiger partial charge in [0.2, 0.25) is 0 Å². The summed E-state index contributed by atoms with van der Waals surface area (Å²) in [4.78, 5) is 0. The van der Waals surface area contributed by atoms with E-state index in [9.17, 15) is 0 Å². The van der Waals surface area contributed by atoms with Crippen molar-refractivity contribution in [3.05, 3.63) is 35.4 Å². The zero-order chi connectivity index (χ0) is 6.97. The molecule has 1 heterocycles. The molecule has 1 aliphatic rings. The first kappa shape index (κ1) is 4.07. The third-order valence-corrected chi connectivity index (χ3v) is 1.68. The molecule has 0 spiro atoms. The zero-order valence-corrected chi connectivity index (χ0v) is 5.17. The first-order valence-electron chi connectivity index (χ1n) is 3.61. The van der Waals surface area contributed by atoms with Crippen LogP contribution in [0.4, 0.5) is 0 Å². The van der Waals surface area contributed by atoms with Crippen LogP contribution in [0.1, 0.15) is 11.1 Å². The smallest absolute Gasteiger partial charge is 0.123 e. The van der Waals surface area contributed by atoms with E-state index in [4.69, 9.17) is 1.41 Å². The molecule has 0 fully saturated rings. The van der Waals surface area contributed by atoms with Gasteiger partial charge in [-0.1, -0.05) is 24.3 Å². The Hall–Kier alpha value is -0.820. The van der Waals surface area contributed by atoms with Gasteiger partial charge in [-0.3, -0.25) is 0 Å². The van der Waals surface area contributed by atoms with E-state index in [-0.39, 0.29) is 0 Å². The topological polar surface area (TPSA) is 12.0 Å². The number of nitrogens with one attached hydrogen (secondary N) is 1. The molecule has 1 aromatic carbocycles. The maximum Gasteiger partial charge on any atom is 0.123 e. The van der Waals surface area contributed by atoms with Crippen LogP contribution in [0.2, 0.25) is 1.41 Å². The van der Waals surface area contributed by atoms with Gasteiger partial charge in [-0.25, -0.2) is 0 Å². The van der Waals surface area contributed by atoms with E-state index in [1.165, 1.54) is 11.1 Å². The average Bonchev–Trinajstić information content (AvgIpc) is 2.27. The molecular formula is C8H9N. The van der Waals surface area contributed by atoms with E-state index >= 15 is 0 Å². The lowest BCUT2D eigenvalue weighted by atomic mass is 10.1. The maximum atomic E-state index is 7.35. The second-order valence-corrected chi connectivity index (χ2v) is 2.31.